The molecule has 17 heavy (non-hydrogen) atoms. The summed E-state index contributed by atoms with van der Waals surface area (Å²) in [5.41, 5.74) is 2.19. The molecule has 2 aromatic rings. The molecule has 3 rings (SSSR count). The summed E-state index contributed by atoms with van der Waals surface area (Å²) < 4.78 is 0. The highest BCUT2D eigenvalue weighted by atomic mass is 16.3. The molecule has 0 unspecified atom stereocenters. The van der Waals surface area contributed by atoms with Crippen LogP contribution in [0.3, 0.4) is 0 Å². The van der Waals surface area contributed by atoms with E-state index in [1.54, 1.807) is 6.07 Å². The monoisotopic (exact) mass is 228 g/mol. The van der Waals surface area contributed by atoms with Gasteiger partial charge in [0.2, 0.25) is 0 Å². The molecule has 2 heterocycles. The zero-order valence-electron chi connectivity index (χ0n) is 9.76. The van der Waals surface area contributed by atoms with Gasteiger partial charge in [0, 0.05) is 18.5 Å². The molecular weight excluding hydrogens is 212 g/mol. The lowest BCUT2D eigenvalue weighted by atomic mass is 10.1. The lowest BCUT2D eigenvalue weighted by Gasteiger charge is -2.29. The Morgan fingerprint density at radius 3 is 2.76 bits per heavy atom. The van der Waals surface area contributed by atoms with Crippen molar-refractivity contribution in [3.63, 3.8) is 0 Å². The van der Waals surface area contributed by atoms with Crippen molar-refractivity contribution in [3.8, 4) is 5.75 Å². The molecule has 0 radical (unpaired) electrons. The number of rotatable bonds is 1. The topological polar surface area (TPSA) is 36.4 Å². The van der Waals surface area contributed by atoms with Crippen LogP contribution in [0.25, 0.3) is 10.9 Å². The van der Waals surface area contributed by atoms with Gasteiger partial charge in [-0.05, 0) is 31.4 Å². The molecule has 1 fully saturated rings. The third-order valence-electron chi connectivity index (χ3n) is 3.37. The van der Waals surface area contributed by atoms with Gasteiger partial charge in [-0.3, -0.25) is 4.98 Å². The highest BCUT2D eigenvalue weighted by molar-refractivity contribution is 5.91. The first-order valence-corrected chi connectivity index (χ1v) is 6.17. The summed E-state index contributed by atoms with van der Waals surface area (Å²) in [6.45, 7) is 2.23. The van der Waals surface area contributed by atoms with E-state index < -0.39 is 0 Å². The quantitative estimate of drug-likeness (QED) is 0.815. The average Bonchev–Trinajstić information content (AvgIpc) is 2.39. The van der Waals surface area contributed by atoms with E-state index in [9.17, 15) is 5.11 Å². The summed E-state index contributed by atoms with van der Waals surface area (Å²) in [5, 5.41) is 10.5. The van der Waals surface area contributed by atoms with E-state index >= 15 is 0 Å². The largest absolute Gasteiger partial charge is 0.506 e. The summed E-state index contributed by atoms with van der Waals surface area (Å²) in [4.78, 5) is 6.76. The lowest BCUT2D eigenvalue weighted by molar-refractivity contribution is 0.474. The molecular formula is C14H16N2O. The summed E-state index contributed by atoms with van der Waals surface area (Å²) in [6, 6.07) is 7.93. The van der Waals surface area contributed by atoms with E-state index in [1.165, 1.54) is 31.1 Å². The van der Waals surface area contributed by atoms with E-state index in [-0.39, 0.29) is 5.75 Å². The molecule has 1 aromatic heterocycles. The first-order valence-electron chi connectivity index (χ1n) is 6.17. The maximum Gasteiger partial charge on any atom is 0.134 e. The molecule has 0 atom stereocenters. The normalized spacial score (nSPS) is 16.4. The van der Waals surface area contributed by atoms with Crippen molar-refractivity contribution >= 4 is 16.6 Å². The maximum absolute atomic E-state index is 9.46. The number of anilines is 1. The molecule has 0 bridgehead atoms. The third kappa shape index (κ3) is 1.93. The van der Waals surface area contributed by atoms with Crippen molar-refractivity contribution in [1.29, 1.82) is 0 Å². The van der Waals surface area contributed by atoms with Crippen LogP contribution >= 0.6 is 0 Å². The molecule has 0 amide bonds. The highest BCUT2D eigenvalue weighted by Crippen LogP contribution is 2.28. The standard InChI is InChI=1S/C14H16N2O/c17-12-9-11-5-4-6-13(14(11)15-10-12)16-7-2-1-3-8-16/h4-6,9-10,17H,1-3,7-8H2. The van der Waals surface area contributed by atoms with Crippen molar-refractivity contribution < 1.29 is 5.11 Å². The van der Waals surface area contributed by atoms with Gasteiger partial charge < -0.3 is 10.0 Å². The molecule has 1 aliphatic rings. The van der Waals surface area contributed by atoms with Crippen molar-refractivity contribution in [3.05, 3.63) is 30.5 Å². The van der Waals surface area contributed by atoms with Crippen molar-refractivity contribution in [2.75, 3.05) is 18.0 Å². The first kappa shape index (κ1) is 10.4. The Balaban J connectivity index is 2.09. The molecule has 3 heteroatoms. The third-order valence-corrected chi connectivity index (χ3v) is 3.37. The Morgan fingerprint density at radius 2 is 1.94 bits per heavy atom. The van der Waals surface area contributed by atoms with Crippen LogP contribution in [0.5, 0.6) is 5.75 Å². The zero-order valence-corrected chi connectivity index (χ0v) is 9.76. The number of hydrogen-bond donors (Lipinski definition) is 1. The lowest BCUT2D eigenvalue weighted by Crippen LogP contribution is -2.29. The Labute approximate surface area is 101 Å². The van der Waals surface area contributed by atoms with Gasteiger partial charge in [0.05, 0.1) is 17.4 Å². The number of piperidine rings is 1. The van der Waals surface area contributed by atoms with Crippen LogP contribution in [-0.2, 0) is 0 Å². The van der Waals surface area contributed by atoms with Crippen molar-refractivity contribution in [1.82, 2.24) is 4.98 Å². The molecule has 1 aliphatic heterocycles. The van der Waals surface area contributed by atoms with Gasteiger partial charge in [0.25, 0.3) is 0 Å². The Bertz CT molecular complexity index is 533. The second-order valence-electron chi connectivity index (χ2n) is 4.59. The summed E-state index contributed by atoms with van der Waals surface area (Å²) >= 11 is 0. The van der Waals surface area contributed by atoms with Gasteiger partial charge in [0.1, 0.15) is 5.75 Å². The van der Waals surface area contributed by atoms with Crippen LogP contribution < -0.4 is 4.90 Å². The summed E-state index contributed by atoms with van der Waals surface area (Å²) in [7, 11) is 0. The van der Waals surface area contributed by atoms with Crippen LogP contribution in [0.4, 0.5) is 5.69 Å². The van der Waals surface area contributed by atoms with Crippen LogP contribution in [0.1, 0.15) is 19.3 Å². The van der Waals surface area contributed by atoms with Crippen LogP contribution in [-0.4, -0.2) is 23.2 Å². The number of nitrogens with zero attached hydrogens (tertiary/aromatic N) is 2. The second-order valence-corrected chi connectivity index (χ2v) is 4.59. The predicted molar refractivity (Wildman–Crippen MR) is 69.5 cm³/mol. The molecule has 3 nitrogen and oxygen atoms in total. The summed E-state index contributed by atoms with van der Waals surface area (Å²) in [6.07, 6.45) is 5.37. The average molecular weight is 228 g/mol. The van der Waals surface area contributed by atoms with Gasteiger partial charge in [-0.15, -0.1) is 0 Å². The number of benzene rings is 1. The second kappa shape index (κ2) is 4.24. The molecule has 1 N–H and O–H groups in total. The Morgan fingerprint density at radius 1 is 1.12 bits per heavy atom. The Hall–Kier alpha value is -1.77. The fraction of sp³-hybridized carbons (Fsp3) is 0.357. The number of hydrogen-bond acceptors (Lipinski definition) is 3. The van der Waals surface area contributed by atoms with E-state index in [0.717, 1.165) is 24.0 Å². The van der Waals surface area contributed by atoms with E-state index in [1.807, 2.05) is 12.1 Å². The smallest absolute Gasteiger partial charge is 0.134 e. The van der Waals surface area contributed by atoms with E-state index in [4.69, 9.17) is 0 Å². The van der Waals surface area contributed by atoms with Crippen LogP contribution in [0, 0.1) is 0 Å². The van der Waals surface area contributed by atoms with Gasteiger partial charge in [-0.25, -0.2) is 0 Å². The van der Waals surface area contributed by atoms with Gasteiger partial charge in [-0.2, -0.15) is 0 Å². The molecule has 0 aliphatic carbocycles. The van der Waals surface area contributed by atoms with Gasteiger partial charge >= 0.3 is 0 Å². The minimum absolute atomic E-state index is 0.230. The Kier molecular flexibility index (Phi) is 2.59. The molecule has 0 saturated carbocycles. The number of fused-ring (bicyclic) bond motifs is 1. The van der Waals surface area contributed by atoms with Crippen LogP contribution in [0.2, 0.25) is 0 Å². The van der Waals surface area contributed by atoms with Crippen molar-refractivity contribution in [2.24, 2.45) is 0 Å². The maximum atomic E-state index is 9.46. The highest BCUT2D eigenvalue weighted by Gasteiger charge is 2.14. The number of pyridine rings is 1. The number of aromatic hydroxyl groups is 1. The van der Waals surface area contributed by atoms with E-state index in [0.29, 0.717) is 0 Å². The SMILES string of the molecule is Oc1cnc2c(N3CCCCC3)cccc2c1. The molecule has 1 aromatic carbocycles. The fourth-order valence-corrected chi connectivity index (χ4v) is 2.52. The number of aromatic nitrogens is 1. The van der Waals surface area contributed by atoms with Gasteiger partial charge in [0.15, 0.2) is 0 Å². The van der Waals surface area contributed by atoms with E-state index in [2.05, 4.69) is 16.0 Å². The minimum atomic E-state index is 0.230. The fourth-order valence-electron chi connectivity index (χ4n) is 2.52. The first-order chi connectivity index (χ1) is 8.34. The molecule has 88 valence electrons. The predicted octanol–water partition coefficient (Wildman–Crippen LogP) is 2.93. The zero-order chi connectivity index (χ0) is 11.7. The van der Waals surface area contributed by atoms with Crippen molar-refractivity contribution in [2.45, 2.75) is 19.3 Å². The van der Waals surface area contributed by atoms with Crippen LogP contribution in [0.15, 0.2) is 30.5 Å². The van der Waals surface area contributed by atoms with Gasteiger partial charge in [-0.1, -0.05) is 12.1 Å². The molecule has 1 saturated heterocycles. The minimum Gasteiger partial charge on any atom is -0.506 e. The summed E-state index contributed by atoms with van der Waals surface area (Å²) in [5.74, 6) is 0.230. The number of para-hydroxylation sites is 1. The molecule has 0 spiro atoms.